The number of carbonyl (C=O) groups excluding carboxylic acids is 1. The molecule has 2 aliphatic rings. The van der Waals surface area contributed by atoms with E-state index in [1.165, 1.54) is 30.5 Å². The van der Waals surface area contributed by atoms with E-state index >= 15 is 0 Å². The second kappa shape index (κ2) is 6.75. The second-order valence-corrected chi connectivity index (χ2v) is 8.64. The van der Waals surface area contributed by atoms with E-state index in [1.807, 2.05) is 35.4 Å². The lowest BCUT2D eigenvalue weighted by Crippen LogP contribution is -2.38. The van der Waals surface area contributed by atoms with Gasteiger partial charge in [-0.25, -0.2) is 4.98 Å². The van der Waals surface area contributed by atoms with Crippen LogP contribution in [0.4, 0.5) is 0 Å². The number of rotatable bonds is 4. The van der Waals surface area contributed by atoms with Crippen molar-refractivity contribution in [2.24, 2.45) is 7.05 Å². The fourth-order valence-corrected chi connectivity index (χ4v) is 5.44. The molecule has 1 aromatic carbocycles. The summed E-state index contributed by atoms with van der Waals surface area (Å²) in [5, 5.41) is 4.78. The summed E-state index contributed by atoms with van der Waals surface area (Å²) in [6.45, 7) is 0.632. The number of hydrogen-bond acceptors (Lipinski definition) is 4. The Morgan fingerprint density at radius 2 is 2.11 bits per heavy atom. The summed E-state index contributed by atoms with van der Waals surface area (Å²) in [5.41, 5.74) is 7.41. The third-order valence-corrected chi connectivity index (χ3v) is 6.91. The van der Waals surface area contributed by atoms with Crippen molar-refractivity contribution in [3.63, 3.8) is 0 Å². The molecule has 0 spiro atoms. The minimum atomic E-state index is 0.134. The van der Waals surface area contributed by atoms with Crippen molar-refractivity contribution in [2.45, 2.75) is 57.5 Å². The predicted molar refractivity (Wildman–Crippen MR) is 107 cm³/mol. The topological polar surface area (TPSA) is 51.0 Å². The lowest BCUT2D eigenvalue weighted by atomic mass is 10.1. The van der Waals surface area contributed by atoms with Gasteiger partial charge >= 0.3 is 0 Å². The molecular weight excluding hydrogens is 356 g/mol. The van der Waals surface area contributed by atoms with E-state index in [2.05, 4.69) is 9.88 Å². The van der Waals surface area contributed by atoms with Crippen LogP contribution in [0.1, 0.15) is 59.4 Å². The van der Waals surface area contributed by atoms with Gasteiger partial charge in [0.05, 0.1) is 28.0 Å². The zero-order chi connectivity index (χ0) is 18.4. The van der Waals surface area contributed by atoms with Crippen LogP contribution < -0.4 is 0 Å². The molecule has 27 heavy (non-hydrogen) atoms. The number of fused-ring (bicyclic) bond motifs is 2. The van der Waals surface area contributed by atoms with E-state index < -0.39 is 0 Å². The maximum Gasteiger partial charge on any atom is 0.254 e. The molecule has 140 valence electrons. The standard InChI is InChI=1S/C21H24N4OS/c1-24-19-8-4-7-16(19)18(23-24)12-25(15-5-2-3-6-15)21(26)14-9-10-17-20(11-14)27-13-22-17/h9-11,13,15H,2-8,12H2,1H3. The summed E-state index contributed by atoms with van der Waals surface area (Å²) in [4.78, 5) is 19.9. The maximum absolute atomic E-state index is 13.5. The summed E-state index contributed by atoms with van der Waals surface area (Å²) in [6, 6.07) is 6.22. The molecular formula is C21H24N4OS. The molecule has 5 nitrogen and oxygen atoms in total. The molecule has 1 fully saturated rings. The third-order valence-electron chi connectivity index (χ3n) is 6.12. The van der Waals surface area contributed by atoms with Crippen molar-refractivity contribution in [1.82, 2.24) is 19.7 Å². The number of carbonyl (C=O) groups is 1. The van der Waals surface area contributed by atoms with Gasteiger partial charge < -0.3 is 4.90 Å². The summed E-state index contributed by atoms with van der Waals surface area (Å²) < 4.78 is 3.10. The minimum absolute atomic E-state index is 0.134. The minimum Gasteiger partial charge on any atom is -0.330 e. The molecule has 5 rings (SSSR count). The Morgan fingerprint density at radius 3 is 2.96 bits per heavy atom. The van der Waals surface area contributed by atoms with Crippen LogP contribution in [0.15, 0.2) is 23.7 Å². The Kier molecular flexibility index (Phi) is 4.23. The first kappa shape index (κ1) is 16.9. The number of aromatic nitrogens is 3. The number of thiazole rings is 1. The van der Waals surface area contributed by atoms with Crippen molar-refractivity contribution in [3.8, 4) is 0 Å². The van der Waals surface area contributed by atoms with Crippen molar-refractivity contribution in [1.29, 1.82) is 0 Å². The molecule has 0 radical (unpaired) electrons. The number of nitrogens with zero attached hydrogens (tertiary/aromatic N) is 4. The van der Waals surface area contributed by atoms with Gasteiger partial charge in [-0.3, -0.25) is 9.48 Å². The summed E-state index contributed by atoms with van der Waals surface area (Å²) in [6.07, 6.45) is 8.03. The van der Waals surface area contributed by atoms with Crippen LogP contribution in [0.2, 0.25) is 0 Å². The molecule has 2 heterocycles. The van der Waals surface area contributed by atoms with Crippen LogP contribution >= 0.6 is 11.3 Å². The lowest BCUT2D eigenvalue weighted by Gasteiger charge is -2.29. The summed E-state index contributed by atoms with van der Waals surface area (Å²) in [7, 11) is 2.03. The molecule has 2 aliphatic carbocycles. The molecule has 3 aromatic rings. The third kappa shape index (κ3) is 2.96. The van der Waals surface area contributed by atoms with Gasteiger partial charge in [-0.1, -0.05) is 12.8 Å². The van der Waals surface area contributed by atoms with Crippen LogP contribution in [0.25, 0.3) is 10.2 Å². The smallest absolute Gasteiger partial charge is 0.254 e. The molecule has 0 N–H and O–H groups in total. The Bertz CT molecular complexity index is 999. The Hall–Kier alpha value is -2.21. The highest BCUT2D eigenvalue weighted by atomic mass is 32.1. The highest BCUT2D eigenvalue weighted by Crippen LogP contribution is 2.30. The van der Waals surface area contributed by atoms with Gasteiger partial charge in [0, 0.05) is 24.3 Å². The second-order valence-electron chi connectivity index (χ2n) is 7.76. The monoisotopic (exact) mass is 380 g/mol. The average Bonchev–Trinajstić information content (AvgIpc) is 3.45. The lowest BCUT2D eigenvalue weighted by molar-refractivity contribution is 0.0661. The zero-order valence-corrected chi connectivity index (χ0v) is 16.5. The first-order chi connectivity index (χ1) is 13.2. The highest BCUT2D eigenvalue weighted by molar-refractivity contribution is 7.16. The normalized spacial score (nSPS) is 16.9. The summed E-state index contributed by atoms with van der Waals surface area (Å²) in [5.74, 6) is 0.134. The van der Waals surface area contributed by atoms with Crippen LogP contribution in [-0.2, 0) is 26.4 Å². The van der Waals surface area contributed by atoms with E-state index in [-0.39, 0.29) is 5.91 Å². The molecule has 0 atom stereocenters. The molecule has 2 aromatic heterocycles. The van der Waals surface area contributed by atoms with E-state index in [1.54, 1.807) is 11.3 Å². The quantitative estimate of drug-likeness (QED) is 0.685. The van der Waals surface area contributed by atoms with Crippen molar-refractivity contribution >= 4 is 27.5 Å². The first-order valence-corrected chi connectivity index (χ1v) is 10.8. The van der Waals surface area contributed by atoms with Gasteiger partial charge in [-0.2, -0.15) is 5.10 Å². The highest BCUT2D eigenvalue weighted by Gasteiger charge is 2.30. The zero-order valence-electron chi connectivity index (χ0n) is 15.6. The molecule has 0 bridgehead atoms. The largest absolute Gasteiger partial charge is 0.330 e. The average molecular weight is 381 g/mol. The number of hydrogen-bond donors (Lipinski definition) is 0. The Labute approximate surface area is 163 Å². The van der Waals surface area contributed by atoms with Gasteiger partial charge in [-0.05, 0) is 55.9 Å². The molecule has 0 saturated heterocycles. The summed E-state index contributed by atoms with van der Waals surface area (Å²) >= 11 is 1.59. The van der Waals surface area contributed by atoms with Crippen LogP contribution in [-0.4, -0.2) is 31.6 Å². The molecule has 1 saturated carbocycles. The van der Waals surface area contributed by atoms with E-state index in [4.69, 9.17) is 5.10 Å². The van der Waals surface area contributed by atoms with Crippen LogP contribution in [0, 0.1) is 0 Å². The van der Waals surface area contributed by atoms with Crippen molar-refractivity contribution in [2.75, 3.05) is 0 Å². The SMILES string of the molecule is Cn1nc(CN(C(=O)c2ccc3ncsc3c2)C2CCCC2)c2c1CCC2. The van der Waals surface area contributed by atoms with E-state index in [0.717, 1.165) is 47.2 Å². The van der Waals surface area contributed by atoms with E-state index in [9.17, 15) is 4.79 Å². The number of benzene rings is 1. The molecule has 6 heteroatoms. The molecule has 0 aliphatic heterocycles. The van der Waals surface area contributed by atoms with Gasteiger partial charge in [0.1, 0.15) is 0 Å². The van der Waals surface area contributed by atoms with Crippen molar-refractivity contribution in [3.05, 3.63) is 46.2 Å². The number of aryl methyl sites for hydroxylation is 1. The predicted octanol–water partition coefficient (Wildman–Crippen LogP) is 4.10. The van der Waals surface area contributed by atoms with Crippen LogP contribution in [0.5, 0.6) is 0 Å². The van der Waals surface area contributed by atoms with Gasteiger partial charge in [0.2, 0.25) is 0 Å². The maximum atomic E-state index is 13.5. The molecule has 1 amide bonds. The van der Waals surface area contributed by atoms with Crippen molar-refractivity contribution < 1.29 is 4.79 Å². The van der Waals surface area contributed by atoms with Gasteiger partial charge in [0.25, 0.3) is 5.91 Å². The first-order valence-electron chi connectivity index (χ1n) is 9.88. The Morgan fingerprint density at radius 1 is 1.26 bits per heavy atom. The molecule has 0 unspecified atom stereocenters. The van der Waals surface area contributed by atoms with Gasteiger partial charge in [0.15, 0.2) is 0 Å². The van der Waals surface area contributed by atoms with Crippen LogP contribution in [0.3, 0.4) is 0 Å². The fraction of sp³-hybridized carbons (Fsp3) is 0.476. The van der Waals surface area contributed by atoms with E-state index in [0.29, 0.717) is 12.6 Å². The fourth-order valence-electron chi connectivity index (χ4n) is 4.72. The Balaban J connectivity index is 1.49. The van der Waals surface area contributed by atoms with Gasteiger partial charge in [-0.15, -0.1) is 11.3 Å². The number of amides is 1.